The molecule has 132 valence electrons. The van der Waals surface area contributed by atoms with E-state index in [-0.39, 0.29) is 23.9 Å². The van der Waals surface area contributed by atoms with Crippen LogP contribution >= 0.6 is 12.6 Å². The summed E-state index contributed by atoms with van der Waals surface area (Å²) >= 11 is 4.10. The molecule has 0 saturated carbocycles. The Labute approximate surface area is 150 Å². The summed E-state index contributed by atoms with van der Waals surface area (Å²) in [6.07, 6.45) is 2.87. The Bertz CT molecular complexity index is 749. The number of nitrogens with one attached hydrogen (secondary N) is 2. The van der Waals surface area contributed by atoms with E-state index in [0.29, 0.717) is 16.5 Å². The molecular formula is C16H19N5O3S. The Hall–Kier alpha value is -2.39. The molecule has 0 bridgehead atoms. The molecule has 1 saturated heterocycles. The molecule has 1 aliphatic rings. The number of nitrogens with zero attached hydrogens (tertiary/aromatic N) is 3. The Morgan fingerprint density at radius 3 is 2.68 bits per heavy atom. The van der Waals surface area contributed by atoms with Gasteiger partial charge in [0, 0.05) is 12.6 Å². The summed E-state index contributed by atoms with van der Waals surface area (Å²) in [7, 11) is 1.68. The maximum atomic E-state index is 12.2. The van der Waals surface area contributed by atoms with Crippen LogP contribution in [0.5, 0.6) is 5.75 Å². The van der Waals surface area contributed by atoms with E-state index < -0.39 is 0 Å². The van der Waals surface area contributed by atoms with Gasteiger partial charge in [-0.3, -0.25) is 10.1 Å². The number of aryl methyl sites for hydroxylation is 1. The minimum atomic E-state index is -0.356. The second-order valence-electron chi connectivity index (χ2n) is 5.76. The first-order valence-electron chi connectivity index (χ1n) is 7.99. The predicted molar refractivity (Wildman–Crippen MR) is 93.9 cm³/mol. The third-order valence-electron chi connectivity index (χ3n) is 3.90. The number of hydrogen-bond donors (Lipinski definition) is 3. The number of piperidine rings is 1. The molecule has 2 heterocycles. The Morgan fingerprint density at radius 2 is 2.08 bits per heavy atom. The van der Waals surface area contributed by atoms with E-state index in [9.17, 15) is 9.59 Å². The summed E-state index contributed by atoms with van der Waals surface area (Å²) < 4.78 is 6.80. The van der Waals surface area contributed by atoms with Crippen LogP contribution in [0.2, 0.25) is 0 Å². The highest BCUT2D eigenvalue weighted by molar-refractivity contribution is 7.80. The molecule has 1 aromatic heterocycles. The van der Waals surface area contributed by atoms with Crippen LogP contribution in [0.15, 0.2) is 29.4 Å². The monoisotopic (exact) mass is 361 g/mol. The van der Waals surface area contributed by atoms with Crippen molar-refractivity contribution in [2.24, 2.45) is 7.05 Å². The van der Waals surface area contributed by atoms with Crippen LogP contribution in [0.3, 0.4) is 0 Å². The number of carbonyl (C=O) groups is 2. The van der Waals surface area contributed by atoms with Gasteiger partial charge in [0.25, 0.3) is 5.91 Å². The lowest BCUT2D eigenvalue weighted by atomic mass is 10.1. The first-order chi connectivity index (χ1) is 12.0. The normalized spacial score (nSPS) is 17.1. The molecule has 2 aromatic rings. The number of thiol groups is 1. The molecule has 1 aromatic carbocycles. The molecule has 0 radical (unpaired) electrons. The number of anilines is 1. The number of aromatic nitrogens is 3. The first-order valence-corrected chi connectivity index (χ1v) is 8.44. The number of benzene rings is 1. The van der Waals surface area contributed by atoms with Crippen LogP contribution in [0.25, 0.3) is 0 Å². The molecule has 1 aliphatic heterocycles. The van der Waals surface area contributed by atoms with Crippen molar-refractivity contribution < 1.29 is 14.3 Å². The molecule has 0 aliphatic carbocycles. The zero-order valence-electron chi connectivity index (χ0n) is 13.7. The summed E-state index contributed by atoms with van der Waals surface area (Å²) in [6.45, 7) is 0.828. The Balaban J connectivity index is 1.59. The van der Waals surface area contributed by atoms with Crippen molar-refractivity contribution in [2.75, 3.05) is 11.9 Å². The second kappa shape index (κ2) is 7.66. The molecule has 9 heteroatoms. The summed E-state index contributed by atoms with van der Waals surface area (Å²) in [5.41, 5.74) is 0.406. The van der Waals surface area contributed by atoms with Crippen LogP contribution < -0.4 is 15.4 Å². The fourth-order valence-corrected chi connectivity index (χ4v) is 2.66. The Kier molecular flexibility index (Phi) is 5.34. The van der Waals surface area contributed by atoms with Gasteiger partial charge in [-0.15, -0.1) is 17.7 Å². The molecule has 25 heavy (non-hydrogen) atoms. The van der Waals surface area contributed by atoms with Gasteiger partial charge in [-0.2, -0.15) is 4.98 Å². The fourth-order valence-electron chi connectivity index (χ4n) is 2.52. The van der Waals surface area contributed by atoms with Crippen molar-refractivity contribution >= 4 is 30.5 Å². The first kappa shape index (κ1) is 17.4. The topological polar surface area (TPSA) is 98.1 Å². The van der Waals surface area contributed by atoms with Gasteiger partial charge in [-0.1, -0.05) is 6.42 Å². The number of amides is 1. The molecule has 3 rings (SSSR count). The molecule has 8 nitrogen and oxygen atoms in total. The maximum Gasteiger partial charge on any atom is 0.328 e. The molecule has 1 unspecified atom stereocenters. The van der Waals surface area contributed by atoms with Gasteiger partial charge < -0.3 is 10.1 Å². The average Bonchev–Trinajstić information content (AvgIpc) is 2.93. The number of esters is 1. The number of carbonyl (C=O) groups excluding carboxylic acids is 2. The smallest absolute Gasteiger partial charge is 0.328 e. The van der Waals surface area contributed by atoms with Crippen LogP contribution in [-0.4, -0.2) is 39.2 Å². The van der Waals surface area contributed by atoms with Gasteiger partial charge in [-0.25, -0.2) is 9.48 Å². The molecule has 1 atom stereocenters. The van der Waals surface area contributed by atoms with E-state index >= 15 is 0 Å². The van der Waals surface area contributed by atoms with Crippen molar-refractivity contribution in [3.8, 4) is 5.75 Å². The molecule has 0 spiro atoms. The van der Waals surface area contributed by atoms with Crippen LogP contribution in [0, 0.1) is 0 Å². The van der Waals surface area contributed by atoms with Crippen molar-refractivity contribution in [3.63, 3.8) is 0 Å². The maximum absolute atomic E-state index is 12.2. The van der Waals surface area contributed by atoms with Crippen molar-refractivity contribution in [3.05, 3.63) is 29.8 Å². The lowest BCUT2D eigenvalue weighted by molar-refractivity contribution is -0.137. The average molecular weight is 361 g/mol. The predicted octanol–water partition coefficient (Wildman–Crippen LogP) is 1.40. The SMILES string of the molecule is Cn1nc(NC(=O)c2ccc(OC(=O)C3CCCCN3)cc2)nc1S. The van der Waals surface area contributed by atoms with Gasteiger partial charge in [-0.05, 0) is 43.7 Å². The zero-order valence-corrected chi connectivity index (χ0v) is 14.6. The van der Waals surface area contributed by atoms with Gasteiger partial charge in [0.15, 0.2) is 5.16 Å². The van der Waals surface area contributed by atoms with Crippen molar-refractivity contribution in [1.29, 1.82) is 0 Å². The minimum absolute atomic E-state index is 0.177. The van der Waals surface area contributed by atoms with E-state index in [1.165, 1.54) is 4.68 Å². The van der Waals surface area contributed by atoms with E-state index in [1.807, 2.05) is 0 Å². The summed E-state index contributed by atoms with van der Waals surface area (Å²) in [4.78, 5) is 28.2. The van der Waals surface area contributed by atoms with Gasteiger partial charge >= 0.3 is 5.97 Å². The summed E-state index contributed by atoms with van der Waals surface area (Å²) in [5.74, 6) is -0.0689. The third-order valence-corrected chi connectivity index (χ3v) is 4.28. The molecule has 1 amide bonds. The number of rotatable bonds is 4. The minimum Gasteiger partial charge on any atom is -0.425 e. The highest BCUT2D eigenvalue weighted by Crippen LogP contribution is 2.16. The second-order valence-corrected chi connectivity index (χ2v) is 6.16. The summed E-state index contributed by atoms with van der Waals surface area (Å²) in [5, 5.41) is 10.1. The van der Waals surface area contributed by atoms with Crippen LogP contribution in [0.1, 0.15) is 29.6 Å². The van der Waals surface area contributed by atoms with E-state index in [4.69, 9.17) is 4.74 Å². The van der Waals surface area contributed by atoms with E-state index in [0.717, 1.165) is 25.8 Å². The molecule has 2 N–H and O–H groups in total. The fraction of sp³-hybridized carbons (Fsp3) is 0.375. The standard InChI is InChI=1S/C16H19N5O3S/c1-21-16(25)19-15(20-21)18-13(22)10-5-7-11(8-6-10)24-14(23)12-4-2-3-9-17-12/h5-8,12,17H,2-4,9H2,1H3,(H2,18,19,20,22,25). The quantitative estimate of drug-likeness (QED) is 0.433. The van der Waals surface area contributed by atoms with Gasteiger partial charge in [0.1, 0.15) is 11.8 Å². The van der Waals surface area contributed by atoms with Gasteiger partial charge in [0.2, 0.25) is 5.95 Å². The van der Waals surface area contributed by atoms with E-state index in [1.54, 1.807) is 31.3 Å². The van der Waals surface area contributed by atoms with Crippen LogP contribution in [0.4, 0.5) is 5.95 Å². The van der Waals surface area contributed by atoms with E-state index in [2.05, 4.69) is 33.3 Å². The Morgan fingerprint density at radius 1 is 1.32 bits per heavy atom. The van der Waals surface area contributed by atoms with Crippen molar-refractivity contribution in [2.45, 2.75) is 30.5 Å². The lowest BCUT2D eigenvalue weighted by Gasteiger charge is -2.21. The third kappa shape index (κ3) is 4.37. The van der Waals surface area contributed by atoms with Gasteiger partial charge in [0.05, 0.1) is 0 Å². The van der Waals surface area contributed by atoms with Crippen LogP contribution in [-0.2, 0) is 11.8 Å². The number of ether oxygens (including phenoxy) is 1. The number of hydrogen-bond acceptors (Lipinski definition) is 7. The summed E-state index contributed by atoms with van der Waals surface area (Å²) in [6, 6.07) is 6.08. The highest BCUT2D eigenvalue weighted by Gasteiger charge is 2.22. The molecule has 1 fully saturated rings. The molecular weight excluding hydrogens is 342 g/mol. The van der Waals surface area contributed by atoms with Crippen molar-refractivity contribution in [1.82, 2.24) is 20.1 Å². The lowest BCUT2D eigenvalue weighted by Crippen LogP contribution is -2.42. The zero-order chi connectivity index (χ0) is 17.8. The highest BCUT2D eigenvalue weighted by atomic mass is 32.1. The largest absolute Gasteiger partial charge is 0.425 e.